The van der Waals surface area contributed by atoms with E-state index in [0.29, 0.717) is 12.2 Å². The molecular weight excluding hydrogens is 236 g/mol. The largest absolute Gasteiger partial charge is 0.381 e. The molecule has 2 rings (SSSR count). The molecule has 2 fully saturated rings. The Morgan fingerprint density at radius 2 is 1.11 bits per heavy atom. The zero-order valence-electron chi connectivity index (χ0n) is 12.9. The number of rotatable bonds is 8. The summed E-state index contributed by atoms with van der Waals surface area (Å²) in [7, 11) is 3.75. The first kappa shape index (κ1) is 15.3. The van der Waals surface area contributed by atoms with E-state index in [2.05, 4.69) is 0 Å². The predicted molar refractivity (Wildman–Crippen MR) is 79.4 cm³/mol. The first-order chi connectivity index (χ1) is 9.31. The summed E-state index contributed by atoms with van der Waals surface area (Å²) in [5.41, 5.74) is 0. The Hall–Kier alpha value is -0.0800. The second-order valence-corrected chi connectivity index (χ2v) is 6.72. The second-order valence-electron chi connectivity index (χ2n) is 6.72. The summed E-state index contributed by atoms with van der Waals surface area (Å²) >= 11 is 0. The minimum atomic E-state index is 0.412. The summed E-state index contributed by atoms with van der Waals surface area (Å²) in [6.07, 6.45) is 15.8. The van der Waals surface area contributed by atoms with Gasteiger partial charge in [0, 0.05) is 14.2 Å². The van der Waals surface area contributed by atoms with Crippen LogP contribution in [0, 0.1) is 11.8 Å². The summed E-state index contributed by atoms with van der Waals surface area (Å²) in [6, 6.07) is 0. The van der Waals surface area contributed by atoms with Crippen molar-refractivity contribution in [2.24, 2.45) is 11.8 Å². The van der Waals surface area contributed by atoms with Gasteiger partial charge >= 0.3 is 0 Å². The fourth-order valence-corrected chi connectivity index (χ4v) is 4.11. The van der Waals surface area contributed by atoms with Crippen LogP contribution in [0.25, 0.3) is 0 Å². The minimum absolute atomic E-state index is 0.412. The molecule has 0 radical (unpaired) electrons. The Balaban J connectivity index is 1.73. The highest BCUT2D eigenvalue weighted by atomic mass is 16.5. The molecule has 19 heavy (non-hydrogen) atoms. The third kappa shape index (κ3) is 5.07. The van der Waals surface area contributed by atoms with Crippen LogP contribution < -0.4 is 0 Å². The molecule has 2 saturated carbocycles. The van der Waals surface area contributed by atoms with Crippen molar-refractivity contribution in [2.45, 2.75) is 82.8 Å². The van der Waals surface area contributed by atoms with E-state index in [1.165, 1.54) is 64.2 Å². The third-order valence-corrected chi connectivity index (χ3v) is 5.33. The lowest BCUT2D eigenvalue weighted by atomic mass is 9.92. The van der Waals surface area contributed by atoms with Crippen LogP contribution in [0.5, 0.6) is 0 Å². The maximum atomic E-state index is 5.73. The molecule has 2 nitrogen and oxygen atoms in total. The van der Waals surface area contributed by atoms with Crippen LogP contribution in [0.3, 0.4) is 0 Å². The number of ether oxygens (including phenoxy) is 2. The maximum Gasteiger partial charge on any atom is 0.0598 e. The van der Waals surface area contributed by atoms with Crippen LogP contribution in [0.15, 0.2) is 0 Å². The quantitative estimate of drug-likeness (QED) is 0.642. The Labute approximate surface area is 119 Å². The molecule has 2 heteroatoms. The lowest BCUT2D eigenvalue weighted by Gasteiger charge is -2.25. The number of hydrogen-bond acceptors (Lipinski definition) is 2. The molecule has 0 heterocycles. The van der Waals surface area contributed by atoms with Crippen LogP contribution in [-0.2, 0) is 9.47 Å². The van der Waals surface area contributed by atoms with Gasteiger partial charge in [-0.3, -0.25) is 0 Å². The summed E-state index contributed by atoms with van der Waals surface area (Å²) < 4.78 is 11.5. The van der Waals surface area contributed by atoms with Crippen molar-refractivity contribution < 1.29 is 9.47 Å². The van der Waals surface area contributed by atoms with Crippen molar-refractivity contribution in [2.75, 3.05) is 14.2 Å². The van der Waals surface area contributed by atoms with Gasteiger partial charge in [0.05, 0.1) is 12.2 Å². The molecule has 0 aromatic carbocycles. The highest BCUT2D eigenvalue weighted by molar-refractivity contribution is 4.77. The van der Waals surface area contributed by atoms with Gasteiger partial charge in [-0.25, -0.2) is 0 Å². The fraction of sp³-hybridized carbons (Fsp3) is 1.00. The molecule has 0 aromatic heterocycles. The fourth-order valence-electron chi connectivity index (χ4n) is 4.11. The topological polar surface area (TPSA) is 18.5 Å². The van der Waals surface area contributed by atoms with Gasteiger partial charge in [-0.1, -0.05) is 51.4 Å². The molecule has 2 atom stereocenters. The van der Waals surface area contributed by atoms with Crippen LogP contribution in [0.1, 0.15) is 70.6 Å². The Kier molecular flexibility index (Phi) is 6.66. The van der Waals surface area contributed by atoms with E-state index < -0.39 is 0 Å². The highest BCUT2D eigenvalue weighted by Crippen LogP contribution is 2.33. The smallest absolute Gasteiger partial charge is 0.0598 e. The minimum Gasteiger partial charge on any atom is -0.381 e. The average Bonchev–Trinajstić information content (AvgIpc) is 3.10. The van der Waals surface area contributed by atoms with Crippen molar-refractivity contribution in [1.29, 1.82) is 0 Å². The van der Waals surface area contributed by atoms with Gasteiger partial charge in [0.1, 0.15) is 0 Å². The van der Waals surface area contributed by atoms with Gasteiger partial charge in [0.2, 0.25) is 0 Å². The van der Waals surface area contributed by atoms with E-state index in [9.17, 15) is 0 Å². The normalized spacial score (nSPS) is 24.9. The predicted octanol–water partition coefficient (Wildman–Crippen LogP) is 4.57. The van der Waals surface area contributed by atoms with E-state index in [0.717, 1.165) is 18.3 Å². The summed E-state index contributed by atoms with van der Waals surface area (Å²) in [5, 5.41) is 0. The average molecular weight is 268 g/mol. The molecular formula is C17H32O2. The summed E-state index contributed by atoms with van der Waals surface area (Å²) in [6.45, 7) is 0. The zero-order chi connectivity index (χ0) is 13.5. The van der Waals surface area contributed by atoms with E-state index in [1.54, 1.807) is 0 Å². The van der Waals surface area contributed by atoms with E-state index in [4.69, 9.17) is 9.47 Å². The van der Waals surface area contributed by atoms with Gasteiger partial charge in [-0.15, -0.1) is 0 Å². The monoisotopic (exact) mass is 268 g/mol. The van der Waals surface area contributed by atoms with Crippen LogP contribution in [0.4, 0.5) is 0 Å². The number of methoxy groups -OCH3 is 2. The van der Waals surface area contributed by atoms with Crippen LogP contribution >= 0.6 is 0 Å². The number of hydrogen-bond donors (Lipinski definition) is 0. The van der Waals surface area contributed by atoms with Crippen molar-refractivity contribution in [3.8, 4) is 0 Å². The molecule has 2 aliphatic carbocycles. The lowest BCUT2D eigenvalue weighted by molar-refractivity contribution is 0.00261. The molecule has 2 aliphatic rings. The first-order valence-electron chi connectivity index (χ1n) is 8.37. The van der Waals surface area contributed by atoms with Crippen LogP contribution in [-0.4, -0.2) is 26.4 Å². The SMILES string of the molecule is COC(CC1CCCC1)CC(CC1CCCC1)OC. The van der Waals surface area contributed by atoms with Crippen LogP contribution in [0.2, 0.25) is 0 Å². The van der Waals surface area contributed by atoms with E-state index in [-0.39, 0.29) is 0 Å². The Morgan fingerprint density at radius 3 is 1.42 bits per heavy atom. The van der Waals surface area contributed by atoms with E-state index in [1.807, 2.05) is 14.2 Å². The maximum absolute atomic E-state index is 5.73. The van der Waals surface area contributed by atoms with E-state index >= 15 is 0 Å². The van der Waals surface area contributed by atoms with Crippen molar-refractivity contribution in [3.63, 3.8) is 0 Å². The standard InChI is InChI=1S/C17H32O2/c1-18-16(11-14-7-3-4-8-14)13-17(19-2)12-15-9-5-6-10-15/h14-17H,3-13H2,1-2H3. The molecule has 0 amide bonds. The van der Waals surface area contributed by atoms with Gasteiger partial charge in [0.25, 0.3) is 0 Å². The highest BCUT2D eigenvalue weighted by Gasteiger charge is 2.25. The molecule has 0 bridgehead atoms. The van der Waals surface area contributed by atoms with Gasteiger partial charge in [-0.05, 0) is 31.1 Å². The summed E-state index contributed by atoms with van der Waals surface area (Å²) in [4.78, 5) is 0. The van der Waals surface area contributed by atoms with Crippen molar-refractivity contribution in [1.82, 2.24) is 0 Å². The van der Waals surface area contributed by atoms with Gasteiger partial charge < -0.3 is 9.47 Å². The molecule has 0 spiro atoms. The zero-order valence-corrected chi connectivity index (χ0v) is 12.9. The second kappa shape index (κ2) is 8.26. The van der Waals surface area contributed by atoms with Crippen molar-refractivity contribution in [3.05, 3.63) is 0 Å². The Bertz CT molecular complexity index is 205. The molecule has 0 aliphatic heterocycles. The first-order valence-corrected chi connectivity index (χ1v) is 8.37. The van der Waals surface area contributed by atoms with Gasteiger partial charge in [0.15, 0.2) is 0 Å². The van der Waals surface area contributed by atoms with Gasteiger partial charge in [-0.2, -0.15) is 0 Å². The molecule has 0 N–H and O–H groups in total. The molecule has 0 aromatic rings. The lowest BCUT2D eigenvalue weighted by Crippen LogP contribution is -2.25. The molecule has 112 valence electrons. The molecule has 0 saturated heterocycles. The third-order valence-electron chi connectivity index (χ3n) is 5.33. The van der Waals surface area contributed by atoms with Crippen molar-refractivity contribution >= 4 is 0 Å². The molecule has 2 unspecified atom stereocenters. The summed E-state index contributed by atoms with van der Waals surface area (Å²) in [5.74, 6) is 1.82. The Morgan fingerprint density at radius 1 is 0.737 bits per heavy atom.